The predicted molar refractivity (Wildman–Crippen MR) is 94.5 cm³/mol. The molecule has 2 amide bonds. The van der Waals surface area contributed by atoms with E-state index in [4.69, 9.17) is 4.74 Å². The third-order valence-corrected chi connectivity index (χ3v) is 4.09. The minimum atomic E-state index is -0.905. The van der Waals surface area contributed by atoms with Gasteiger partial charge in [0.05, 0.1) is 15.4 Å². The van der Waals surface area contributed by atoms with Crippen molar-refractivity contribution < 1.29 is 24.0 Å². The van der Waals surface area contributed by atoms with E-state index in [0.29, 0.717) is 10.6 Å². The van der Waals surface area contributed by atoms with Gasteiger partial charge in [-0.05, 0) is 23.6 Å². The van der Waals surface area contributed by atoms with Crippen LogP contribution in [0.25, 0.3) is 0 Å². The molecule has 0 atom stereocenters. The third-order valence-electron chi connectivity index (χ3n) is 3.22. The van der Waals surface area contributed by atoms with Gasteiger partial charge < -0.3 is 9.64 Å². The number of nitro groups is 1. The van der Waals surface area contributed by atoms with Crippen LogP contribution >= 0.6 is 11.3 Å². The van der Waals surface area contributed by atoms with Crippen LogP contribution in [0.2, 0.25) is 0 Å². The van der Waals surface area contributed by atoms with Crippen molar-refractivity contribution in [1.82, 2.24) is 5.32 Å². The molecule has 1 heterocycles. The zero-order chi connectivity index (χ0) is 19.3. The van der Waals surface area contributed by atoms with Gasteiger partial charge in [-0.2, -0.15) is 0 Å². The van der Waals surface area contributed by atoms with Crippen molar-refractivity contribution in [2.45, 2.75) is 0 Å². The van der Waals surface area contributed by atoms with E-state index in [1.165, 1.54) is 17.0 Å². The Hall–Kier alpha value is -3.27. The van der Waals surface area contributed by atoms with Gasteiger partial charge in [-0.3, -0.25) is 25.0 Å². The number of thiophene rings is 1. The highest BCUT2D eigenvalue weighted by atomic mass is 32.1. The average molecular weight is 377 g/mol. The molecular formula is C16H15N3O6S. The van der Waals surface area contributed by atoms with Gasteiger partial charge in [0.1, 0.15) is 5.69 Å². The van der Waals surface area contributed by atoms with Crippen LogP contribution in [0, 0.1) is 10.1 Å². The minimum Gasteiger partial charge on any atom is -0.452 e. The quantitative estimate of drug-likeness (QED) is 0.463. The largest absolute Gasteiger partial charge is 0.452 e. The molecule has 0 aliphatic heterocycles. The Balaban J connectivity index is 1.99. The number of hydrogen-bond donors (Lipinski definition) is 1. The summed E-state index contributed by atoms with van der Waals surface area (Å²) in [7, 11) is 3.27. The molecule has 0 radical (unpaired) electrons. The zero-order valence-electron chi connectivity index (χ0n) is 13.9. The number of benzene rings is 1. The number of hydrogen-bond acceptors (Lipinski definition) is 8. The third kappa shape index (κ3) is 4.63. The van der Waals surface area contributed by atoms with E-state index in [-0.39, 0.29) is 11.3 Å². The van der Waals surface area contributed by atoms with Crippen LogP contribution in [0.3, 0.4) is 0 Å². The first kappa shape index (κ1) is 19.1. The molecule has 0 unspecified atom stereocenters. The van der Waals surface area contributed by atoms with Crippen LogP contribution in [-0.4, -0.2) is 43.4 Å². The van der Waals surface area contributed by atoms with Gasteiger partial charge in [0.15, 0.2) is 6.61 Å². The maximum absolute atomic E-state index is 12.0. The molecule has 136 valence electrons. The molecule has 0 aliphatic rings. The number of carbonyl (C=O) groups excluding carboxylic acids is 3. The maximum atomic E-state index is 12.0. The highest BCUT2D eigenvalue weighted by molar-refractivity contribution is 7.12. The van der Waals surface area contributed by atoms with Gasteiger partial charge in [-0.15, -0.1) is 11.3 Å². The number of carbonyl (C=O) groups is 3. The molecule has 0 fully saturated rings. The lowest BCUT2D eigenvalue weighted by Gasteiger charge is -2.13. The number of anilines is 1. The standard InChI is InChI=1S/C16H15N3O6S/c1-18(2)11-6-5-10(8-12(11)19(23)24)16(22)25-9-14(20)17-15(21)13-4-3-7-26-13/h3-8H,9H2,1-2H3,(H,17,20,21). The van der Waals surface area contributed by atoms with Crippen molar-refractivity contribution in [2.75, 3.05) is 25.6 Å². The molecule has 0 saturated carbocycles. The first-order chi connectivity index (χ1) is 12.3. The summed E-state index contributed by atoms with van der Waals surface area (Å²) < 4.78 is 4.81. The van der Waals surface area contributed by atoms with Crippen molar-refractivity contribution in [3.8, 4) is 0 Å². The normalized spacial score (nSPS) is 10.1. The van der Waals surface area contributed by atoms with Crippen LogP contribution in [0.15, 0.2) is 35.7 Å². The van der Waals surface area contributed by atoms with E-state index in [1.54, 1.807) is 31.6 Å². The molecule has 9 nitrogen and oxygen atoms in total. The number of nitrogens with one attached hydrogen (secondary N) is 1. The number of rotatable bonds is 6. The van der Waals surface area contributed by atoms with Gasteiger partial charge in [0.25, 0.3) is 17.5 Å². The molecule has 10 heteroatoms. The lowest BCUT2D eigenvalue weighted by Crippen LogP contribution is -2.33. The lowest BCUT2D eigenvalue weighted by atomic mass is 10.1. The zero-order valence-corrected chi connectivity index (χ0v) is 14.7. The Kier molecular flexibility index (Phi) is 6.02. The second-order valence-corrected chi connectivity index (χ2v) is 6.23. The summed E-state index contributed by atoms with van der Waals surface area (Å²) >= 11 is 1.16. The minimum absolute atomic E-state index is 0.0697. The molecule has 0 bridgehead atoms. The number of imide groups is 1. The summed E-state index contributed by atoms with van der Waals surface area (Å²) in [5.74, 6) is -2.29. The van der Waals surface area contributed by atoms with Crippen molar-refractivity contribution >= 4 is 40.5 Å². The van der Waals surface area contributed by atoms with Gasteiger partial charge >= 0.3 is 5.97 Å². The Morgan fingerprint density at radius 2 is 2.00 bits per heavy atom. The predicted octanol–water partition coefficient (Wildman–Crippen LogP) is 1.84. The summed E-state index contributed by atoms with van der Waals surface area (Å²) in [5, 5.41) is 14.9. The summed E-state index contributed by atoms with van der Waals surface area (Å²) in [6.07, 6.45) is 0. The highest BCUT2D eigenvalue weighted by Crippen LogP contribution is 2.27. The van der Waals surface area contributed by atoms with E-state index < -0.39 is 29.3 Å². The van der Waals surface area contributed by atoms with Crippen molar-refractivity contribution in [1.29, 1.82) is 0 Å². The number of nitrogens with zero attached hydrogens (tertiary/aromatic N) is 2. The first-order valence-corrected chi connectivity index (χ1v) is 8.18. The fraction of sp³-hybridized carbons (Fsp3) is 0.188. The maximum Gasteiger partial charge on any atom is 0.338 e. The lowest BCUT2D eigenvalue weighted by molar-refractivity contribution is -0.384. The van der Waals surface area contributed by atoms with Crippen molar-refractivity contribution in [3.05, 3.63) is 56.3 Å². The summed E-state index contributed by atoms with van der Waals surface area (Å²) in [5.41, 5.74) is -0.00713. The van der Waals surface area contributed by atoms with E-state index in [2.05, 4.69) is 5.32 Å². The van der Waals surface area contributed by atoms with Gasteiger partial charge in [0.2, 0.25) is 0 Å². The van der Waals surface area contributed by atoms with Crippen LogP contribution < -0.4 is 10.2 Å². The average Bonchev–Trinajstić information content (AvgIpc) is 3.13. The van der Waals surface area contributed by atoms with E-state index in [9.17, 15) is 24.5 Å². The summed E-state index contributed by atoms with van der Waals surface area (Å²) in [6.45, 7) is -0.681. The monoisotopic (exact) mass is 377 g/mol. The van der Waals surface area contributed by atoms with E-state index in [1.807, 2.05) is 0 Å². The van der Waals surface area contributed by atoms with Crippen molar-refractivity contribution in [3.63, 3.8) is 0 Å². The number of ether oxygens (including phenoxy) is 1. The smallest absolute Gasteiger partial charge is 0.338 e. The second kappa shape index (κ2) is 8.21. The van der Waals surface area contributed by atoms with Crippen LogP contribution in [0.5, 0.6) is 0 Å². The topological polar surface area (TPSA) is 119 Å². The van der Waals surface area contributed by atoms with Crippen LogP contribution in [-0.2, 0) is 9.53 Å². The van der Waals surface area contributed by atoms with Gasteiger partial charge in [0, 0.05) is 20.2 Å². The number of amides is 2. The molecule has 2 rings (SSSR count). The Labute approximate surface area is 152 Å². The Bertz CT molecular complexity index is 848. The SMILES string of the molecule is CN(C)c1ccc(C(=O)OCC(=O)NC(=O)c2cccs2)cc1[N+](=O)[O-]. The van der Waals surface area contributed by atoms with Gasteiger partial charge in [-0.1, -0.05) is 6.07 Å². The molecule has 0 saturated heterocycles. The molecule has 1 aromatic heterocycles. The fourth-order valence-corrected chi connectivity index (χ4v) is 2.64. The Morgan fingerprint density at radius 3 is 2.58 bits per heavy atom. The first-order valence-electron chi connectivity index (χ1n) is 7.30. The molecule has 1 N–H and O–H groups in total. The summed E-state index contributed by atoms with van der Waals surface area (Å²) in [4.78, 5) is 47.8. The molecular weight excluding hydrogens is 362 g/mol. The van der Waals surface area contributed by atoms with Crippen LogP contribution in [0.4, 0.5) is 11.4 Å². The van der Waals surface area contributed by atoms with Crippen LogP contribution in [0.1, 0.15) is 20.0 Å². The molecule has 26 heavy (non-hydrogen) atoms. The second-order valence-electron chi connectivity index (χ2n) is 5.29. The molecule has 2 aromatic rings. The van der Waals surface area contributed by atoms with Gasteiger partial charge in [-0.25, -0.2) is 4.79 Å². The molecule has 0 aliphatic carbocycles. The van der Waals surface area contributed by atoms with Crippen molar-refractivity contribution in [2.24, 2.45) is 0 Å². The number of nitro benzene ring substituents is 1. The van der Waals surface area contributed by atoms with E-state index >= 15 is 0 Å². The van der Waals surface area contributed by atoms with E-state index in [0.717, 1.165) is 17.4 Å². The number of esters is 1. The Morgan fingerprint density at radius 1 is 1.27 bits per heavy atom. The summed E-state index contributed by atoms with van der Waals surface area (Å²) in [6, 6.07) is 7.06. The molecule has 1 aromatic carbocycles. The fourth-order valence-electron chi connectivity index (χ4n) is 2.02. The highest BCUT2D eigenvalue weighted by Gasteiger charge is 2.20. The molecule has 0 spiro atoms.